The Balaban J connectivity index is 1.37. The zero-order valence-corrected chi connectivity index (χ0v) is 23.7. The van der Waals surface area contributed by atoms with Gasteiger partial charge in [-0.15, -0.1) is 0 Å². The SMILES string of the molecule is CCOc1cc(C=C2SC(=NC3CCCCC3)N(C3CCCCC3)C2=O)ccc1OCc1ccc(Cl)cc1. The predicted octanol–water partition coefficient (Wildman–Crippen LogP) is 8.26. The van der Waals surface area contributed by atoms with Crippen LogP contribution >= 0.6 is 23.4 Å². The Labute approximate surface area is 235 Å². The summed E-state index contributed by atoms with van der Waals surface area (Å²) < 4.78 is 12.0. The Hall–Kier alpha value is -2.44. The summed E-state index contributed by atoms with van der Waals surface area (Å²) in [6.45, 7) is 2.91. The Morgan fingerprint density at radius 2 is 1.66 bits per heavy atom. The van der Waals surface area contributed by atoms with Crippen molar-refractivity contribution in [3.8, 4) is 11.5 Å². The number of hydrogen-bond acceptors (Lipinski definition) is 5. The second-order valence-corrected chi connectivity index (χ2v) is 11.8. The van der Waals surface area contributed by atoms with Gasteiger partial charge in [0, 0.05) is 11.1 Å². The molecule has 3 fully saturated rings. The number of halogens is 1. The third-order valence-electron chi connectivity index (χ3n) is 7.52. The number of nitrogens with zero attached hydrogens (tertiary/aromatic N) is 2. The molecule has 0 radical (unpaired) electrons. The Bertz CT molecular complexity index is 1170. The first kappa shape index (κ1) is 27.1. The van der Waals surface area contributed by atoms with Crippen LogP contribution in [0.4, 0.5) is 0 Å². The van der Waals surface area contributed by atoms with E-state index in [4.69, 9.17) is 26.1 Å². The normalized spacial score (nSPS) is 21.4. The number of aliphatic imine (C=N–C) groups is 1. The molecule has 3 aliphatic rings. The zero-order chi connectivity index (χ0) is 26.3. The molecular weight excluding hydrogens is 516 g/mol. The van der Waals surface area contributed by atoms with Gasteiger partial charge in [0.05, 0.1) is 17.6 Å². The zero-order valence-electron chi connectivity index (χ0n) is 22.2. The molecule has 2 aliphatic carbocycles. The van der Waals surface area contributed by atoms with E-state index in [2.05, 4.69) is 0 Å². The van der Waals surface area contributed by atoms with E-state index in [0.717, 1.165) is 46.9 Å². The van der Waals surface area contributed by atoms with E-state index >= 15 is 0 Å². The molecule has 38 heavy (non-hydrogen) atoms. The first-order valence-electron chi connectivity index (χ1n) is 14.1. The van der Waals surface area contributed by atoms with Crippen LogP contribution in [0, 0.1) is 0 Å². The van der Waals surface area contributed by atoms with Gasteiger partial charge in [-0.2, -0.15) is 0 Å². The fourth-order valence-electron chi connectivity index (χ4n) is 5.50. The molecule has 1 saturated heterocycles. The van der Waals surface area contributed by atoms with Crippen LogP contribution in [0.5, 0.6) is 11.5 Å². The van der Waals surface area contributed by atoms with Crippen molar-refractivity contribution in [2.45, 2.75) is 89.8 Å². The second-order valence-electron chi connectivity index (χ2n) is 10.3. The van der Waals surface area contributed by atoms with E-state index in [-0.39, 0.29) is 11.9 Å². The van der Waals surface area contributed by atoms with Crippen molar-refractivity contribution in [3.05, 3.63) is 63.5 Å². The van der Waals surface area contributed by atoms with Crippen LogP contribution < -0.4 is 9.47 Å². The molecule has 1 heterocycles. The molecule has 7 heteroatoms. The van der Waals surface area contributed by atoms with Crippen molar-refractivity contribution >= 4 is 40.5 Å². The fraction of sp³-hybridized carbons (Fsp3) is 0.484. The van der Waals surface area contributed by atoms with Crippen molar-refractivity contribution in [3.63, 3.8) is 0 Å². The van der Waals surface area contributed by atoms with E-state index < -0.39 is 0 Å². The highest BCUT2D eigenvalue weighted by molar-refractivity contribution is 8.18. The maximum absolute atomic E-state index is 13.7. The van der Waals surface area contributed by atoms with Crippen LogP contribution in [0.25, 0.3) is 6.08 Å². The molecule has 0 unspecified atom stereocenters. The van der Waals surface area contributed by atoms with Crippen LogP contribution in [0.3, 0.4) is 0 Å². The second kappa shape index (κ2) is 13.1. The number of hydrogen-bond donors (Lipinski definition) is 0. The quantitative estimate of drug-likeness (QED) is 0.309. The highest BCUT2D eigenvalue weighted by Gasteiger charge is 2.39. The number of thioether (sulfide) groups is 1. The minimum absolute atomic E-state index is 0.0949. The molecule has 2 saturated carbocycles. The average Bonchev–Trinajstić information content (AvgIpc) is 3.24. The molecule has 5 rings (SSSR count). The van der Waals surface area contributed by atoms with Gasteiger partial charge >= 0.3 is 0 Å². The monoisotopic (exact) mass is 552 g/mol. The van der Waals surface area contributed by atoms with Crippen LogP contribution in [0.2, 0.25) is 5.02 Å². The van der Waals surface area contributed by atoms with Crippen molar-refractivity contribution in [2.75, 3.05) is 6.61 Å². The molecule has 0 spiro atoms. The number of amides is 1. The van der Waals surface area contributed by atoms with Crippen molar-refractivity contribution in [2.24, 2.45) is 4.99 Å². The molecule has 0 atom stereocenters. The Kier molecular flexibility index (Phi) is 9.34. The van der Waals surface area contributed by atoms with Gasteiger partial charge in [-0.25, -0.2) is 0 Å². The lowest BCUT2D eigenvalue weighted by molar-refractivity contribution is -0.124. The smallest absolute Gasteiger partial charge is 0.266 e. The van der Waals surface area contributed by atoms with Crippen molar-refractivity contribution in [1.29, 1.82) is 0 Å². The average molecular weight is 553 g/mol. The largest absolute Gasteiger partial charge is 0.490 e. The van der Waals surface area contributed by atoms with Gasteiger partial charge in [0.2, 0.25) is 0 Å². The molecule has 5 nitrogen and oxygen atoms in total. The lowest BCUT2D eigenvalue weighted by Crippen LogP contribution is -2.41. The summed E-state index contributed by atoms with van der Waals surface area (Å²) in [4.78, 5) is 21.6. The fourth-order valence-corrected chi connectivity index (χ4v) is 6.73. The van der Waals surface area contributed by atoms with Crippen molar-refractivity contribution < 1.29 is 14.3 Å². The van der Waals surface area contributed by atoms with E-state index in [1.54, 1.807) is 11.8 Å². The van der Waals surface area contributed by atoms with Gasteiger partial charge in [0.25, 0.3) is 5.91 Å². The summed E-state index contributed by atoms with van der Waals surface area (Å²) >= 11 is 7.55. The Morgan fingerprint density at radius 3 is 2.37 bits per heavy atom. The topological polar surface area (TPSA) is 51.1 Å². The number of carbonyl (C=O) groups is 1. The standard InChI is InChI=1S/C31H37ClN2O3S/c1-2-36-28-19-23(15-18-27(28)37-21-22-13-16-24(32)17-14-22)20-29-30(35)34(26-11-7-4-8-12-26)31(38-29)33-25-9-5-3-6-10-25/h13-20,25-26H,2-12,21H2,1H3. The molecule has 0 N–H and O–H groups in total. The van der Waals surface area contributed by atoms with Crippen molar-refractivity contribution in [1.82, 2.24) is 4.90 Å². The lowest BCUT2D eigenvalue weighted by Gasteiger charge is -2.31. The first-order chi connectivity index (χ1) is 18.6. The number of carbonyl (C=O) groups excluding carboxylic acids is 1. The molecular formula is C31H37ClN2O3S. The highest BCUT2D eigenvalue weighted by Crippen LogP contribution is 2.39. The maximum Gasteiger partial charge on any atom is 0.266 e. The molecule has 1 amide bonds. The summed E-state index contributed by atoms with van der Waals surface area (Å²) in [5.74, 6) is 1.45. The summed E-state index contributed by atoms with van der Waals surface area (Å²) in [7, 11) is 0. The summed E-state index contributed by atoms with van der Waals surface area (Å²) in [6.07, 6.45) is 13.8. The van der Waals surface area contributed by atoms with Crippen LogP contribution in [-0.4, -0.2) is 34.7 Å². The highest BCUT2D eigenvalue weighted by atomic mass is 35.5. The molecule has 2 aromatic rings. The minimum Gasteiger partial charge on any atom is -0.490 e. The molecule has 1 aliphatic heterocycles. The molecule has 0 aromatic heterocycles. The van der Waals surface area contributed by atoms with E-state index in [9.17, 15) is 4.79 Å². The van der Waals surface area contributed by atoms with Gasteiger partial charge in [-0.3, -0.25) is 14.7 Å². The summed E-state index contributed by atoms with van der Waals surface area (Å²) in [5.41, 5.74) is 1.95. The maximum atomic E-state index is 13.7. The lowest BCUT2D eigenvalue weighted by atomic mass is 9.94. The molecule has 0 bridgehead atoms. The molecule has 202 valence electrons. The third-order valence-corrected chi connectivity index (χ3v) is 8.77. The number of rotatable bonds is 8. The summed E-state index contributed by atoms with van der Waals surface area (Å²) in [6, 6.07) is 14.1. The number of benzene rings is 2. The third kappa shape index (κ3) is 6.76. The summed E-state index contributed by atoms with van der Waals surface area (Å²) in [5, 5.41) is 1.61. The Morgan fingerprint density at radius 1 is 0.947 bits per heavy atom. The predicted molar refractivity (Wildman–Crippen MR) is 157 cm³/mol. The van der Waals surface area contributed by atoms with Crippen LogP contribution in [0.1, 0.15) is 82.3 Å². The van der Waals surface area contributed by atoms with E-state index in [1.807, 2.05) is 60.4 Å². The van der Waals surface area contributed by atoms with E-state index in [0.29, 0.717) is 35.8 Å². The van der Waals surface area contributed by atoms with Gasteiger partial charge in [0.15, 0.2) is 16.7 Å². The van der Waals surface area contributed by atoms with Gasteiger partial charge < -0.3 is 9.47 Å². The first-order valence-corrected chi connectivity index (χ1v) is 15.2. The van der Waals surface area contributed by atoms with Gasteiger partial charge in [0.1, 0.15) is 6.61 Å². The van der Waals surface area contributed by atoms with E-state index in [1.165, 1.54) is 38.5 Å². The van der Waals surface area contributed by atoms with Gasteiger partial charge in [-0.1, -0.05) is 68.3 Å². The van der Waals surface area contributed by atoms with Crippen LogP contribution in [0.15, 0.2) is 52.4 Å². The van der Waals surface area contributed by atoms with Crippen LogP contribution in [-0.2, 0) is 11.4 Å². The molecule has 2 aromatic carbocycles. The minimum atomic E-state index is 0.0949. The number of ether oxygens (including phenoxy) is 2. The number of amidine groups is 1. The van der Waals surface area contributed by atoms with Gasteiger partial charge in [-0.05, 0) is 85.8 Å².